The minimum absolute atomic E-state index is 0.522. The molecule has 3 atom stereocenters. The van der Waals surface area contributed by atoms with E-state index in [0.29, 0.717) is 18.2 Å². The highest BCUT2D eigenvalue weighted by Gasteiger charge is 2.35. The Morgan fingerprint density at radius 2 is 2.00 bits per heavy atom. The van der Waals surface area contributed by atoms with Crippen molar-refractivity contribution in [2.75, 3.05) is 26.2 Å². The summed E-state index contributed by atoms with van der Waals surface area (Å²) in [7, 11) is 0. The van der Waals surface area contributed by atoms with E-state index in [1.165, 1.54) is 32.1 Å². The number of hydrogen-bond donors (Lipinski definition) is 1. The maximum Gasteiger partial charge on any atom is 0.0731 e. The number of morpholine rings is 1. The van der Waals surface area contributed by atoms with Crippen LogP contribution in [0.25, 0.3) is 0 Å². The molecule has 1 heterocycles. The SMILES string of the molecule is CC(C)CNCCC(C)N1CCOC2CCCCC21. The molecular formula is C16H32N2O. The van der Waals surface area contributed by atoms with Crippen LogP contribution in [0, 0.1) is 5.92 Å². The highest BCUT2D eigenvalue weighted by molar-refractivity contribution is 4.89. The van der Waals surface area contributed by atoms with E-state index >= 15 is 0 Å². The molecule has 2 aliphatic rings. The largest absolute Gasteiger partial charge is 0.375 e. The van der Waals surface area contributed by atoms with E-state index in [4.69, 9.17) is 4.74 Å². The van der Waals surface area contributed by atoms with E-state index < -0.39 is 0 Å². The van der Waals surface area contributed by atoms with Crippen molar-refractivity contribution in [1.82, 2.24) is 10.2 Å². The quantitative estimate of drug-likeness (QED) is 0.750. The summed E-state index contributed by atoms with van der Waals surface area (Å²) < 4.78 is 5.96. The van der Waals surface area contributed by atoms with Gasteiger partial charge in [0.2, 0.25) is 0 Å². The third-order valence-electron chi connectivity index (χ3n) is 4.63. The van der Waals surface area contributed by atoms with Crippen molar-refractivity contribution < 1.29 is 4.74 Å². The topological polar surface area (TPSA) is 24.5 Å². The standard InChI is InChI=1S/C16H32N2O/c1-13(2)12-17-9-8-14(3)18-10-11-19-16-7-5-4-6-15(16)18/h13-17H,4-12H2,1-3H3. The van der Waals surface area contributed by atoms with Gasteiger partial charge in [-0.1, -0.05) is 26.7 Å². The minimum Gasteiger partial charge on any atom is -0.375 e. The summed E-state index contributed by atoms with van der Waals surface area (Å²) in [5.74, 6) is 0.751. The van der Waals surface area contributed by atoms with Gasteiger partial charge in [0.25, 0.3) is 0 Å². The summed E-state index contributed by atoms with van der Waals surface area (Å²) >= 11 is 0. The first-order chi connectivity index (χ1) is 9.18. The lowest BCUT2D eigenvalue weighted by Crippen LogP contribution is -2.56. The molecule has 0 bridgehead atoms. The summed E-state index contributed by atoms with van der Waals surface area (Å²) in [6, 6.07) is 1.39. The van der Waals surface area contributed by atoms with Crippen LogP contribution in [-0.2, 0) is 4.74 Å². The highest BCUT2D eigenvalue weighted by atomic mass is 16.5. The first kappa shape index (κ1) is 15.3. The Morgan fingerprint density at radius 1 is 1.21 bits per heavy atom. The van der Waals surface area contributed by atoms with Gasteiger partial charge in [0.15, 0.2) is 0 Å². The molecule has 2 rings (SSSR count). The van der Waals surface area contributed by atoms with Crippen molar-refractivity contribution in [1.29, 1.82) is 0 Å². The van der Waals surface area contributed by atoms with Crippen LogP contribution in [0.4, 0.5) is 0 Å². The Morgan fingerprint density at radius 3 is 2.79 bits per heavy atom. The maximum absolute atomic E-state index is 5.96. The molecule has 1 aliphatic carbocycles. The van der Waals surface area contributed by atoms with Crippen LogP contribution in [-0.4, -0.2) is 49.3 Å². The van der Waals surface area contributed by atoms with E-state index in [1.54, 1.807) is 0 Å². The monoisotopic (exact) mass is 268 g/mol. The van der Waals surface area contributed by atoms with Crippen molar-refractivity contribution in [2.24, 2.45) is 5.92 Å². The van der Waals surface area contributed by atoms with Crippen molar-refractivity contribution in [2.45, 2.75) is 71.1 Å². The number of fused-ring (bicyclic) bond motifs is 1. The molecule has 0 radical (unpaired) electrons. The molecule has 3 unspecified atom stereocenters. The predicted molar refractivity (Wildman–Crippen MR) is 80.5 cm³/mol. The van der Waals surface area contributed by atoms with Gasteiger partial charge in [-0.2, -0.15) is 0 Å². The smallest absolute Gasteiger partial charge is 0.0731 e. The minimum atomic E-state index is 0.522. The Bertz CT molecular complexity index is 255. The van der Waals surface area contributed by atoms with Gasteiger partial charge in [-0.25, -0.2) is 0 Å². The van der Waals surface area contributed by atoms with Gasteiger partial charge < -0.3 is 10.1 Å². The van der Waals surface area contributed by atoms with Gasteiger partial charge in [-0.3, -0.25) is 4.90 Å². The van der Waals surface area contributed by atoms with Gasteiger partial charge in [0.1, 0.15) is 0 Å². The normalized spacial score (nSPS) is 30.3. The van der Waals surface area contributed by atoms with Gasteiger partial charge in [-0.05, 0) is 45.2 Å². The second-order valence-corrected chi connectivity index (χ2v) is 6.73. The lowest BCUT2D eigenvalue weighted by atomic mass is 9.89. The Hall–Kier alpha value is -0.120. The first-order valence-corrected chi connectivity index (χ1v) is 8.26. The number of ether oxygens (including phenoxy) is 1. The van der Waals surface area contributed by atoms with E-state index in [0.717, 1.165) is 32.2 Å². The van der Waals surface area contributed by atoms with Crippen molar-refractivity contribution in [3.63, 3.8) is 0 Å². The Labute approximate surface area is 119 Å². The van der Waals surface area contributed by atoms with Crippen LogP contribution in [0.3, 0.4) is 0 Å². The van der Waals surface area contributed by atoms with Gasteiger partial charge in [0, 0.05) is 18.6 Å². The predicted octanol–water partition coefficient (Wildman–Crippen LogP) is 2.65. The fourth-order valence-corrected chi connectivity index (χ4v) is 3.54. The fraction of sp³-hybridized carbons (Fsp3) is 1.00. The van der Waals surface area contributed by atoms with Crippen LogP contribution in [0.5, 0.6) is 0 Å². The lowest BCUT2D eigenvalue weighted by Gasteiger charge is -2.46. The average molecular weight is 268 g/mol. The number of nitrogens with one attached hydrogen (secondary N) is 1. The fourth-order valence-electron chi connectivity index (χ4n) is 3.54. The second kappa shape index (κ2) is 7.61. The van der Waals surface area contributed by atoms with Crippen LogP contribution >= 0.6 is 0 Å². The molecular weight excluding hydrogens is 236 g/mol. The van der Waals surface area contributed by atoms with E-state index in [1.807, 2.05) is 0 Å². The maximum atomic E-state index is 5.96. The molecule has 0 amide bonds. The molecule has 1 aliphatic heterocycles. The van der Waals surface area contributed by atoms with Crippen LogP contribution in [0.2, 0.25) is 0 Å². The Kier molecular flexibility index (Phi) is 6.11. The molecule has 0 aromatic carbocycles. The first-order valence-electron chi connectivity index (χ1n) is 8.26. The van der Waals surface area contributed by atoms with Crippen molar-refractivity contribution in [3.05, 3.63) is 0 Å². The Balaban J connectivity index is 1.75. The van der Waals surface area contributed by atoms with Gasteiger partial charge in [0.05, 0.1) is 12.7 Å². The zero-order valence-electron chi connectivity index (χ0n) is 13.0. The number of hydrogen-bond acceptors (Lipinski definition) is 3. The molecule has 0 aromatic heterocycles. The van der Waals surface area contributed by atoms with Crippen LogP contribution < -0.4 is 5.32 Å². The molecule has 1 N–H and O–H groups in total. The average Bonchev–Trinajstić information content (AvgIpc) is 2.42. The zero-order valence-corrected chi connectivity index (χ0v) is 13.0. The number of rotatable bonds is 6. The molecule has 112 valence electrons. The van der Waals surface area contributed by atoms with Gasteiger partial charge in [-0.15, -0.1) is 0 Å². The second-order valence-electron chi connectivity index (χ2n) is 6.73. The van der Waals surface area contributed by atoms with Crippen molar-refractivity contribution in [3.8, 4) is 0 Å². The lowest BCUT2D eigenvalue weighted by molar-refractivity contribution is -0.101. The third kappa shape index (κ3) is 4.44. The van der Waals surface area contributed by atoms with Crippen LogP contribution in [0.15, 0.2) is 0 Å². The highest BCUT2D eigenvalue weighted by Crippen LogP contribution is 2.30. The summed E-state index contributed by atoms with van der Waals surface area (Å²) in [5.41, 5.74) is 0. The zero-order chi connectivity index (χ0) is 13.7. The van der Waals surface area contributed by atoms with E-state index in [9.17, 15) is 0 Å². The van der Waals surface area contributed by atoms with Gasteiger partial charge >= 0.3 is 0 Å². The van der Waals surface area contributed by atoms with E-state index in [2.05, 4.69) is 31.0 Å². The summed E-state index contributed by atoms with van der Waals surface area (Å²) in [4.78, 5) is 2.73. The van der Waals surface area contributed by atoms with Crippen LogP contribution in [0.1, 0.15) is 52.9 Å². The third-order valence-corrected chi connectivity index (χ3v) is 4.63. The molecule has 0 aromatic rings. The summed E-state index contributed by atoms with van der Waals surface area (Å²) in [6.07, 6.45) is 7.15. The molecule has 19 heavy (non-hydrogen) atoms. The molecule has 0 spiro atoms. The summed E-state index contributed by atoms with van der Waals surface area (Å²) in [6.45, 7) is 11.3. The number of nitrogens with zero attached hydrogens (tertiary/aromatic N) is 1. The molecule has 1 saturated carbocycles. The van der Waals surface area contributed by atoms with E-state index in [-0.39, 0.29) is 0 Å². The summed E-state index contributed by atoms with van der Waals surface area (Å²) in [5, 5.41) is 3.57. The molecule has 2 fully saturated rings. The molecule has 1 saturated heterocycles. The molecule has 3 nitrogen and oxygen atoms in total. The molecule has 3 heteroatoms. The van der Waals surface area contributed by atoms with Crippen molar-refractivity contribution >= 4 is 0 Å².